The zero-order valence-electron chi connectivity index (χ0n) is 14.6. The summed E-state index contributed by atoms with van der Waals surface area (Å²) in [5, 5.41) is 0. The average Bonchev–Trinajstić information content (AvgIpc) is 2.96. The van der Waals surface area contributed by atoms with Crippen LogP contribution < -0.4 is 10.5 Å². The van der Waals surface area contributed by atoms with Crippen molar-refractivity contribution < 1.29 is 26.4 Å². The van der Waals surface area contributed by atoms with Crippen LogP contribution in [0.4, 0.5) is 18.9 Å². The highest BCUT2D eigenvalue weighted by Gasteiger charge is 2.36. The highest BCUT2D eigenvalue weighted by molar-refractivity contribution is 7.91. The van der Waals surface area contributed by atoms with Crippen molar-refractivity contribution in [3.05, 3.63) is 64.6 Å². The Bertz CT molecular complexity index is 1030. The smallest absolute Gasteiger partial charge is 0.307 e. The number of carbonyl (C=O) groups is 1. The maximum atomic E-state index is 12.9. The molecule has 0 aliphatic carbocycles. The third kappa shape index (κ3) is 4.44. The quantitative estimate of drug-likeness (QED) is 0.768. The molecule has 1 aromatic carbocycles. The number of benzene rings is 1. The lowest BCUT2D eigenvalue weighted by Gasteiger charge is -2.28. The molecule has 0 radical (unpaired) electrons. The molecule has 0 spiro atoms. The number of amides is 1. The Morgan fingerprint density at radius 2 is 1.82 bits per heavy atom. The minimum absolute atomic E-state index is 0.0716. The number of carbonyl (C=O) groups excluding carboxylic acids is 1. The van der Waals surface area contributed by atoms with E-state index >= 15 is 0 Å². The van der Waals surface area contributed by atoms with Gasteiger partial charge >= 0.3 is 6.18 Å². The molecule has 0 saturated carbocycles. The molecule has 10 heteroatoms. The van der Waals surface area contributed by atoms with Crippen molar-refractivity contribution in [1.29, 1.82) is 0 Å². The van der Waals surface area contributed by atoms with Crippen LogP contribution in [0.2, 0.25) is 0 Å². The number of halogens is 3. The number of rotatable bonds is 4. The van der Waals surface area contributed by atoms with E-state index in [1.165, 1.54) is 4.90 Å². The second-order valence-electron chi connectivity index (χ2n) is 6.54. The van der Waals surface area contributed by atoms with Gasteiger partial charge in [-0.15, -0.1) is 0 Å². The topological polar surface area (TPSA) is 76.5 Å². The average molecular weight is 414 g/mol. The Labute approximate surface area is 159 Å². The molecular weight excluding hydrogens is 397 g/mol. The minimum atomic E-state index is -4.66. The van der Waals surface area contributed by atoms with Gasteiger partial charge in [0.2, 0.25) is 5.91 Å². The van der Waals surface area contributed by atoms with Crippen molar-refractivity contribution in [2.75, 3.05) is 16.4 Å². The van der Waals surface area contributed by atoms with Crippen LogP contribution in [0.3, 0.4) is 0 Å². The Morgan fingerprint density at radius 1 is 1.14 bits per heavy atom. The number of alkyl halides is 3. The van der Waals surface area contributed by atoms with Gasteiger partial charge in [0.15, 0.2) is 9.84 Å². The van der Waals surface area contributed by atoms with E-state index in [2.05, 4.69) is 0 Å². The third-order valence-electron chi connectivity index (χ3n) is 4.49. The third-order valence-corrected chi connectivity index (χ3v) is 6.24. The summed E-state index contributed by atoms with van der Waals surface area (Å²) in [5.41, 5.74) is -1.38. The molecule has 0 N–H and O–H groups in total. The number of hydrogen-bond acceptors (Lipinski definition) is 4. The molecule has 150 valence electrons. The second-order valence-corrected chi connectivity index (χ2v) is 8.77. The van der Waals surface area contributed by atoms with Crippen LogP contribution in [0, 0.1) is 0 Å². The Kier molecular flexibility index (Phi) is 5.33. The van der Waals surface area contributed by atoms with Crippen molar-refractivity contribution in [1.82, 2.24) is 4.57 Å². The number of anilines is 1. The molecule has 1 fully saturated rings. The summed E-state index contributed by atoms with van der Waals surface area (Å²) in [6.07, 6.45) is -3.84. The number of hydrogen-bond donors (Lipinski definition) is 0. The molecule has 0 bridgehead atoms. The number of aromatic nitrogens is 1. The van der Waals surface area contributed by atoms with Gasteiger partial charge in [-0.2, -0.15) is 13.2 Å². The molecule has 2 heterocycles. The predicted molar refractivity (Wildman–Crippen MR) is 96.7 cm³/mol. The first kappa shape index (κ1) is 20.1. The van der Waals surface area contributed by atoms with E-state index in [1.54, 1.807) is 30.3 Å². The van der Waals surface area contributed by atoms with Gasteiger partial charge in [-0.3, -0.25) is 9.59 Å². The van der Waals surface area contributed by atoms with Crippen LogP contribution >= 0.6 is 0 Å². The van der Waals surface area contributed by atoms with E-state index in [9.17, 15) is 31.2 Å². The van der Waals surface area contributed by atoms with Crippen LogP contribution in [0.5, 0.6) is 0 Å². The lowest BCUT2D eigenvalue weighted by Crippen LogP contribution is -2.44. The van der Waals surface area contributed by atoms with Crippen molar-refractivity contribution >= 4 is 21.4 Å². The zero-order valence-corrected chi connectivity index (χ0v) is 15.4. The number of para-hydroxylation sites is 1. The number of sulfone groups is 1. The van der Waals surface area contributed by atoms with Gasteiger partial charge in [0.25, 0.3) is 5.56 Å². The molecule has 1 aliphatic rings. The van der Waals surface area contributed by atoms with Crippen LogP contribution in [0.25, 0.3) is 0 Å². The summed E-state index contributed by atoms with van der Waals surface area (Å²) in [6, 6.07) is 9.03. The Morgan fingerprint density at radius 3 is 2.39 bits per heavy atom. The maximum Gasteiger partial charge on any atom is 0.417 e. The summed E-state index contributed by atoms with van der Waals surface area (Å²) in [7, 11) is -3.30. The first-order valence-electron chi connectivity index (χ1n) is 8.42. The van der Waals surface area contributed by atoms with Crippen molar-refractivity contribution in [2.24, 2.45) is 0 Å². The van der Waals surface area contributed by atoms with E-state index < -0.39 is 45.6 Å². The largest absolute Gasteiger partial charge is 0.417 e. The highest BCUT2D eigenvalue weighted by atomic mass is 32.2. The molecule has 28 heavy (non-hydrogen) atoms. The van der Waals surface area contributed by atoms with Crippen LogP contribution in [-0.4, -0.2) is 36.4 Å². The normalized spacial score (nSPS) is 18.8. The first-order chi connectivity index (χ1) is 13.1. The molecule has 1 aromatic heterocycles. The van der Waals surface area contributed by atoms with Gasteiger partial charge in [-0.05, 0) is 24.6 Å². The minimum Gasteiger partial charge on any atom is -0.307 e. The fraction of sp³-hybridized carbons (Fsp3) is 0.333. The van der Waals surface area contributed by atoms with Crippen molar-refractivity contribution in [2.45, 2.75) is 25.2 Å². The standard InChI is InChI=1S/C18H17F3N2O4S/c19-18(20,21)13-6-7-16(24)22(10-13)11-17(25)23(14-4-2-1-3-5-14)15-8-9-28(26,27)12-15/h1-7,10,15H,8-9,11-12H2/t15-/m0/s1. The Balaban J connectivity index is 1.94. The van der Waals surface area contributed by atoms with E-state index in [4.69, 9.17) is 0 Å². The summed E-state index contributed by atoms with van der Waals surface area (Å²) in [4.78, 5) is 26.1. The zero-order chi connectivity index (χ0) is 20.5. The van der Waals surface area contributed by atoms with Gasteiger partial charge in [-0.25, -0.2) is 8.42 Å². The van der Waals surface area contributed by atoms with Gasteiger partial charge in [0.05, 0.1) is 23.1 Å². The fourth-order valence-electron chi connectivity index (χ4n) is 3.17. The summed E-state index contributed by atoms with van der Waals surface area (Å²) < 4.78 is 63.1. The van der Waals surface area contributed by atoms with Gasteiger partial charge in [0, 0.05) is 18.0 Å². The molecule has 1 saturated heterocycles. The lowest BCUT2D eigenvalue weighted by molar-refractivity contribution is -0.138. The molecule has 0 unspecified atom stereocenters. The summed E-state index contributed by atoms with van der Waals surface area (Å²) in [6.45, 7) is -0.631. The van der Waals surface area contributed by atoms with E-state index in [1.807, 2.05) is 0 Å². The molecule has 1 aliphatic heterocycles. The van der Waals surface area contributed by atoms with Gasteiger partial charge < -0.3 is 9.47 Å². The predicted octanol–water partition coefficient (Wildman–Crippen LogP) is 2.09. The van der Waals surface area contributed by atoms with Gasteiger partial charge in [-0.1, -0.05) is 18.2 Å². The maximum absolute atomic E-state index is 12.9. The van der Waals surface area contributed by atoms with Crippen LogP contribution in [-0.2, 0) is 27.4 Å². The first-order valence-corrected chi connectivity index (χ1v) is 10.2. The SMILES string of the molecule is O=C(Cn1cc(C(F)(F)F)ccc1=O)N(c1ccccc1)[C@H]1CCS(=O)(=O)C1. The van der Waals surface area contributed by atoms with Crippen LogP contribution in [0.15, 0.2) is 53.5 Å². The molecule has 6 nitrogen and oxygen atoms in total. The van der Waals surface area contributed by atoms with Crippen LogP contribution in [0.1, 0.15) is 12.0 Å². The van der Waals surface area contributed by atoms with E-state index in [0.29, 0.717) is 22.5 Å². The number of nitrogens with zero attached hydrogens (tertiary/aromatic N) is 2. The second kappa shape index (κ2) is 7.42. The molecule has 1 amide bonds. The van der Waals surface area contributed by atoms with E-state index in [-0.39, 0.29) is 17.9 Å². The fourth-order valence-corrected chi connectivity index (χ4v) is 4.87. The number of pyridine rings is 1. The Hall–Kier alpha value is -2.62. The molecular formula is C18H17F3N2O4S. The monoisotopic (exact) mass is 414 g/mol. The highest BCUT2D eigenvalue weighted by Crippen LogP contribution is 2.28. The molecule has 1 atom stereocenters. The summed E-state index contributed by atoms with van der Waals surface area (Å²) >= 11 is 0. The van der Waals surface area contributed by atoms with Crippen molar-refractivity contribution in [3.63, 3.8) is 0 Å². The lowest BCUT2D eigenvalue weighted by atomic mass is 10.1. The summed E-state index contributed by atoms with van der Waals surface area (Å²) in [5.74, 6) is -0.960. The van der Waals surface area contributed by atoms with E-state index in [0.717, 1.165) is 6.07 Å². The molecule has 3 rings (SSSR count). The van der Waals surface area contributed by atoms with Crippen molar-refractivity contribution in [3.8, 4) is 0 Å². The van der Waals surface area contributed by atoms with Gasteiger partial charge in [0.1, 0.15) is 6.54 Å². The molecule has 2 aromatic rings.